The van der Waals surface area contributed by atoms with Gasteiger partial charge < -0.3 is 5.21 Å². The van der Waals surface area contributed by atoms with Crippen molar-refractivity contribution < 1.29 is 9.60 Å². The summed E-state index contributed by atoms with van der Waals surface area (Å²) >= 11 is 0. The quantitative estimate of drug-likeness (QED) is 0.815. The van der Waals surface area contributed by atoms with Crippen molar-refractivity contribution in [2.75, 3.05) is 0 Å². The second-order valence-corrected chi connectivity index (χ2v) is 4.41. The molecular formula is C16H16FNO. The third-order valence-electron chi connectivity index (χ3n) is 2.85. The van der Waals surface area contributed by atoms with Crippen molar-refractivity contribution in [1.82, 2.24) is 5.48 Å². The van der Waals surface area contributed by atoms with Crippen LogP contribution < -0.4 is 5.48 Å². The van der Waals surface area contributed by atoms with Crippen molar-refractivity contribution in [2.24, 2.45) is 0 Å². The Bertz CT molecular complexity index is 563. The molecule has 0 aliphatic carbocycles. The van der Waals surface area contributed by atoms with Gasteiger partial charge >= 0.3 is 0 Å². The lowest BCUT2D eigenvalue weighted by molar-refractivity contribution is 0.150. The van der Waals surface area contributed by atoms with E-state index >= 15 is 0 Å². The van der Waals surface area contributed by atoms with Crippen LogP contribution in [0.25, 0.3) is 17.2 Å². The van der Waals surface area contributed by atoms with Crippen LogP contribution in [0.3, 0.4) is 0 Å². The summed E-state index contributed by atoms with van der Waals surface area (Å²) in [7, 11) is 0. The summed E-state index contributed by atoms with van der Waals surface area (Å²) in [5, 5.41) is 8.73. The van der Waals surface area contributed by atoms with Crippen molar-refractivity contribution >= 4 is 6.08 Å². The van der Waals surface area contributed by atoms with E-state index in [-0.39, 0.29) is 11.9 Å². The van der Waals surface area contributed by atoms with Crippen LogP contribution in [0.1, 0.15) is 12.5 Å². The van der Waals surface area contributed by atoms with E-state index < -0.39 is 0 Å². The third-order valence-corrected chi connectivity index (χ3v) is 2.85. The van der Waals surface area contributed by atoms with Gasteiger partial charge in [-0.2, -0.15) is 5.48 Å². The molecule has 2 N–H and O–H groups in total. The van der Waals surface area contributed by atoms with Gasteiger partial charge in [0, 0.05) is 6.04 Å². The fourth-order valence-electron chi connectivity index (χ4n) is 1.76. The van der Waals surface area contributed by atoms with Crippen LogP contribution in [0.2, 0.25) is 0 Å². The lowest BCUT2D eigenvalue weighted by Gasteiger charge is -2.04. The summed E-state index contributed by atoms with van der Waals surface area (Å²) in [5.41, 5.74) is 5.20. The Balaban J connectivity index is 2.24. The normalized spacial score (nSPS) is 12.8. The largest absolute Gasteiger partial charge is 0.316 e. The zero-order valence-electron chi connectivity index (χ0n) is 10.7. The van der Waals surface area contributed by atoms with E-state index in [4.69, 9.17) is 5.21 Å². The van der Waals surface area contributed by atoms with Crippen LogP contribution in [0.4, 0.5) is 4.39 Å². The number of halogens is 1. The highest BCUT2D eigenvalue weighted by Crippen LogP contribution is 2.21. The molecule has 0 saturated carbocycles. The fourth-order valence-corrected chi connectivity index (χ4v) is 1.76. The monoisotopic (exact) mass is 257 g/mol. The summed E-state index contributed by atoms with van der Waals surface area (Å²) in [6, 6.07) is 14.3. The van der Waals surface area contributed by atoms with E-state index in [1.165, 1.54) is 12.1 Å². The van der Waals surface area contributed by atoms with Crippen LogP contribution in [-0.2, 0) is 0 Å². The number of benzene rings is 2. The summed E-state index contributed by atoms with van der Waals surface area (Å²) in [6.45, 7) is 1.85. The van der Waals surface area contributed by atoms with Gasteiger partial charge in [0.25, 0.3) is 0 Å². The smallest absolute Gasteiger partial charge is 0.123 e. The van der Waals surface area contributed by atoms with E-state index in [9.17, 15) is 4.39 Å². The van der Waals surface area contributed by atoms with Gasteiger partial charge in [-0.25, -0.2) is 4.39 Å². The molecule has 0 aromatic heterocycles. The molecule has 0 amide bonds. The van der Waals surface area contributed by atoms with E-state index in [0.717, 1.165) is 16.7 Å². The maximum absolute atomic E-state index is 12.9. The Labute approximate surface area is 112 Å². The number of rotatable bonds is 4. The lowest BCUT2D eigenvalue weighted by atomic mass is 10.0. The highest BCUT2D eigenvalue weighted by Gasteiger charge is 1.99. The van der Waals surface area contributed by atoms with Gasteiger partial charge in [0.05, 0.1) is 0 Å². The average molecular weight is 257 g/mol. The fraction of sp³-hybridized carbons (Fsp3) is 0.125. The van der Waals surface area contributed by atoms with E-state index in [2.05, 4.69) is 5.48 Å². The molecule has 3 heteroatoms. The van der Waals surface area contributed by atoms with Gasteiger partial charge in [0.1, 0.15) is 5.82 Å². The molecule has 0 radical (unpaired) electrons. The highest BCUT2D eigenvalue weighted by molar-refractivity contribution is 5.67. The van der Waals surface area contributed by atoms with Crippen molar-refractivity contribution in [3.05, 3.63) is 66.0 Å². The van der Waals surface area contributed by atoms with Crippen LogP contribution in [0.5, 0.6) is 0 Å². The Kier molecular flexibility index (Phi) is 4.44. The van der Waals surface area contributed by atoms with Crippen molar-refractivity contribution in [2.45, 2.75) is 13.0 Å². The molecule has 0 aliphatic rings. The zero-order valence-corrected chi connectivity index (χ0v) is 10.7. The minimum atomic E-state index is -0.234. The SMILES string of the molecule is CC(/C=C/c1cccc(-c2ccc(F)cc2)c1)NO. The van der Waals surface area contributed by atoms with E-state index in [0.29, 0.717) is 0 Å². The topological polar surface area (TPSA) is 32.3 Å². The molecule has 2 aromatic rings. The van der Waals surface area contributed by atoms with Gasteiger partial charge in [-0.05, 0) is 41.8 Å². The highest BCUT2D eigenvalue weighted by atomic mass is 19.1. The molecule has 0 fully saturated rings. The number of hydrogen-bond acceptors (Lipinski definition) is 2. The first kappa shape index (κ1) is 13.5. The standard InChI is InChI=1S/C16H16FNO/c1-12(18-19)5-6-13-3-2-4-15(11-13)14-7-9-16(17)10-8-14/h2-12,18-19H,1H3/b6-5+. The number of nitrogens with one attached hydrogen (secondary N) is 1. The summed E-state index contributed by atoms with van der Waals surface area (Å²) < 4.78 is 12.9. The molecule has 0 heterocycles. The molecule has 0 spiro atoms. The maximum Gasteiger partial charge on any atom is 0.123 e. The summed E-state index contributed by atoms with van der Waals surface area (Å²) in [6.07, 6.45) is 3.80. The van der Waals surface area contributed by atoms with Crippen LogP contribution in [0, 0.1) is 5.82 Å². The van der Waals surface area contributed by atoms with Gasteiger partial charge in [-0.1, -0.05) is 42.5 Å². The first-order chi connectivity index (χ1) is 9.19. The molecule has 0 saturated heterocycles. The molecule has 0 aliphatic heterocycles. The van der Waals surface area contributed by atoms with E-state index in [1.807, 2.05) is 43.3 Å². The molecule has 2 nitrogen and oxygen atoms in total. The minimum Gasteiger partial charge on any atom is -0.316 e. The molecule has 1 atom stereocenters. The summed E-state index contributed by atoms with van der Waals surface area (Å²) in [4.78, 5) is 0. The average Bonchev–Trinajstić information content (AvgIpc) is 2.46. The van der Waals surface area contributed by atoms with Gasteiger partial charge in [-0.3, -0.25) is 0 Å². The Hall–Kier alpha value is -1.97. The van der Waals surface area contributed by atoms with Crippen molar-refractivity contribution in [1.29, 1.82) is 0 Å². The van der Waals surface area contributed by atoms with Crippen LogP contribution >= 0.6 is 0 Å². The van der Waals surface area contributed by atoms with Crippen molar-refractivity contribution in [3.8, 4) is 11.1 Å². The second-order valence-electron chi connectivity index (χ2n) is 4.41. The molecule has 0 bridgehead atoms. The third kappa shape index (κ3) is 3.74. The minimum absolute atomic E-state index is 0.102. The molecule has 2 aromatic carbocycles. The molecule has 2 rings (SSSR count). The number of hydrogen-bond donors (Lipinski definition) is 2. The second kappa shape index (κ2) is 6.27. The maximum atomic E-state index is 12.9. The molecule has 98 valence electrons. The van der Waals surface area contributed by atoms with Crippen molar-refractivity contribution in [3.63, 3.8) is 0 Å². The first-order valence-corrected chi connectivity index (χ1v) is 6.13. The lowest BCUT2D eigenvalue weighted by Crippen LogP contribution is -2.18. The van der Waals surface area contributed by atoms with Crippen LogP contribution in [0.15, 0.2) is 54.6 Å². The molecule has 1 unspecified atom stereocenters. The van der Waals surface area contributed by atoms with Crippen LogP contribution in [-0.4, -0.2) is 11.2 Å². The van der Waals surface area contributed by atoms with Gasteiger partial charge in [0.15, 0.2) is 0 Å². The number of hydroxylamine groups is 1. The van der Waals surface area contributed by atoms with E-state index in [1.54, 1.807) is 12.1 Å². The molecule has 19 heavy (non-hydrogen) atoms. The summed E-state index contributed by atoms with van der Waals surface area (Å²) in [5.74, 6) is -0.234. The Morgan fingerprint density at radius 1 is 1.11 bits per heavy atom. The first-order valence-electron chi connectivity index (χ1n) is 6.13. The zero-order chi connectivity index (χ0) is 13.7. The predicted molar refractivity (Wildman–Crippen MR) is 75.3 cm³/mol. The predicted octanol–water partition coefficient (Wildman–Crippen LogP) is 3.87. The Morgan fingerprint density at radius 3 is 2.53 bits per heavy atom. The Morgan fingerprint density at radius 2 is 1.84 bits per heavy atom. The van der Waals surface area contributed by atoms with Gasteiger partial charge in [0.2, 0.25) is 0 Å². The molecular weight excluding hydrogens is 241 g/mol. The van der Waals surface area contributed by atoms with Gasteiger partial charge in [-0.15, -0.1) is 0 Å².